The second kappa shape index (κ2) is 7.49. The van der Waals surface area contributed by atoms with Gasteiger partial charge in [-0.2, -0.15) is 0 Å². The van der Waals surface area contributed by atoms with Gasteiger partial charge in [-0.1, -0.05) is 39.8 Å². The quantitative estimate of drug-likeness (QED) is 0.648. The van der Waals surface area contributed by atoms with Crippen molar-refractivity contribution in [2.75, 3.05) is 7.11 Å². The molecule has 2 aliphatic carbocycles. The number of allylic oxidation sites excluding steroid dienone is 4. The summed E-state index contributed by atoms with van der Waals surface area (Å²) in [6, 6.07) is 4.80. The molecule has 0 radical (unpaired) electrons. The predicted molar refractivity (Wildman–Crippen MR) is 113 cm³/mol. The van der Waals surface area contributed by atoms with Crippen LogP contribution in [0.4, 0.5) is 0 Å². The van der Waals surface area contributed by atoms with Gasteiger partial charge in [0.25, 0.3) is 0 Å². The molecule has 6 nitrogen and oxygen atoms in total. The zero-order valence-corrected chi connectivity index (χ0v) is 18.2. The maximum atomic E-state index is 13.1. The van der Waals surface area contributed by atoms with Crippen molar-refractivity contribution in [2.24, 2.45) is 10.8 Å². The Morgan fingerprint density at radius 3 is 1.70 bits per heavy atom. The lowest BCUT2D eigenvalue weighted by atomic mass is 9.67. The zero-order chi connectivity index (χ0) is 22.4. The number of ketones is 2. The molecule has 0 saturated heterocycles. The highest BCUT2D eigenvalue weighted by Crippen LogP contribution is 2.50. The van der Waals surface area contributed by atoms with E-state index < -0.39 is 16.7 Å². The lowest BCUT2D eigenvalue weighted by Crippen LogP contribution is -2.33. The molecular formula is C24H30O6. The monoisotopic (exact) mass is 414 g/mol. The number of hydrogen-bond acceptors (Lipinski definition) is 6. The molecule has 0 unspecified atom stereocenters. The number of para-hydroxylation sites is 1. The molecule has 0 atom stereocenters. The maximum Gasteiger partial charge on any atom is 0.163 e. The van der Waals surface area contributed by atoms with Crippen molar-refractivity contribution in [3.8, 4) is 11.5 Å². The molecule has 0 aliphatic heterocycles. The number of Topliss-reactive ketones (excluding diaryl/α,β-unsaturated/α-hetero) is 2. The van der Waals surface area contributed by atoms with Crippen LogP contribution >= 0.6 is 0 Å². The van der Waals surface area contributed by atoms with Crippen LogP contribution in [0.5, 0.6) is 11.5 Å². The third-order valence-corrected chi connectivity index (χ3v) is 5.93. The highest BCUT2D eigenvalue weighted by atomic mass is 16.5. The van der Waals surface area contributed by atoms with Crippen molar-refractivity contribution in [1.29, 1.82) is 0 Å². The molecule has 30 heavy (non-hydrogen) atoms. The number of hydrogen-bond donors (Lipinski definition) is 3. The summed E-state index contributed by atoms with van der Waals surface area (Å²) in [7, 11) is 1.41. The molecule has 0 bridgehead atoms. The number of ether oxygens (including phenoxy) is 1. The lowest BCUT2D eigenvalue weighted by Gasteiger charge is -2.36. The predicted octanol–water partition coefficient (Wildman–Crippen LogP) is 4.89. The largest absolute Gasteiger partial charge is 0.512 e. The average molecular weight is 414 g/mol. The minimum Gasteiger partial charge on any atom is -0.512 e. The molecule has 0 spiro atoms. The van der Waals surface area contributed by atoms with Gasteiger partial charge in [0.05, 0.1) is 13.0 Å². The number of aliphatic hydroxyl groups excluding tert-OH is 2. The van der Waals surface area contributed by atoms with E-state index in [4.69, 9.17) is 4.74 Å². The highest BCUT2D eigenvalue weighted by Gasteiger charge is 2.44. The van der Waals surface area contributed by atoms with E-state index >= 15 is 0 Å². The SMILES string of the molecule is COc1cccc(C(C2=C(O)CC(C)(C)CC2=O)C2=C(O)CC(C)(C)CC2=O)c1O. The van der Waals surface area contributed by atoms with Crippen LogP contribution in [-0.4, -0.2) is 34.0 Å². The number of phenolic OH excluding ortho intramolecular Hbond substituents is 1. The first kappa shape index (κ1) is 21.9. The van der Waals surface area contributed by atoms with Crippen molar-refractivity contribution in [3.05, 3.63) is 46.4 Å². The number of rotatable bonds is 4. The minimum absolute atomic E-state index is 0.0625. The first-order chi connectivity index (χ1) is 13.9. The van der Waals surface area contributed by atoms with E-state index in [1.54, 1.807) is 18.2 Å². The van der Waals surface area contributed by atoms with Crippen LogP contribution in [-0.2, 0) is 9.59 Å². The van der Waals surface area contributed by atoms with E-state index in [0.29, 0.717) is 0 Å². The molecule has 0 heterocycles. The fourth-order valence-corrected chi connectivity index (χ4v) is 4.65. The van der Waals surface area contributed by atoms with Crippen LogP contribution in [0.3, 0.4) is 0 Å². The van der Waals surface area contributed by atoms with Gasteiger partial charge in [-0.15, -0.1) is 0 Å². The van der Waals surface area contributed by atoms with Gasteiger partial charge in [0, 0.05) is 42.4 Å². The summed E-state index contributed by atoms with van der Waals surface area (Å²) in [5.74, 6) is -1.91. The van der Waals surface area contributed by atoms with Crippen LogP contribution in [0.15, 0.2) is 40.9 Å². The number of carbonyl (C=O) groups is 2. The van der Waals surface area contributed by atoms with E-state index in [2.05, 4.69) is 0 Å². The van der Waals surface area contributed by atoms with Crippen LogP contribution in [0.25, 0.3) is 0 Å². The minimum atomic E-state index is -1.06. The highest BCUT2D eigenvalue weighted by molar-refractivity contribution is 6.05. The van der Waals surface area contributed by atoms with Gasteiger partial charge < -0.3 is 20.1 Å². The van der Waals surface area contributed by atoms with E-state index in [1.807, 2.05) is 27.7 Å². The third-order valence-electron chi connectivity index (χ3n) is 5.93. The second-order valence-electron chi connectivity index (χ2n) is 9.93. The standard InChI is InChI=1S/C24H30O6/c1-23(2)9-14(25)20(15(26)10-23)19(13-7-6-8-18(30-5)22(13)29)21-16(27)11-24(3,4)12-17(21)28/h6-8,19,25,27,29H,9-12H2,1-5H3. The van der Waals surface area contributed by atoms with Gasteiger partial charge in [0.15, 0.2) is 23.1 Å². The Balaban J connectivity index is 2.30. The number of aromatic hydroxyl groups is 1. The smallest absolute Gasteiger partial charge is 0.163 e. The van der Waals surface area contributed by atoms with Crippen LogP contribution < -0.4 is 4.74 Å². The zero-order valence-electron chi connectivity index (χ0n) is 18.2. The second-order valence-corrected chi connectivity index (χ2v) is 9.93. The van der Waals surface area contributed by atoms with Crippen molar-refractivity contribution >= 4 is 11.6 Å². The summed E-state index contributed by atoms with van der Waals surface area (Å²) in [5, 5.41) is 32.5. The summed E-state index contributed by atoms with van der Waals surface area (Å²) in [6.07, 6.45) is 0.925. The summed E-state index contributed by atoms with van der Waals surface area (Å²) >= 11 is 0. The van der Waals surface area contributed by atoms with Crippen molar-refractivity contribution in [3.63, 3.8) is 0 Å². The Labute approximate surface area is 176 Å². The van der Waals surface area contributed by atoms with E-state index in [9.17, 15) is 24.9 Å². The van der Waals surface area contributed by atoms with E-state index in [-0.39, 0.29) is 77.0 Å². The Morgan fingerprint density at radius 1 is 0.833 bits per heavy atom. The molecule has 3 rings (SSSR count). The van der Waals surface area contributed by atoms with E-state index in [0.717, 1.165) is 0 Å². The van der Waals surface area contributed by atoms with Crippen LogP contribution in [0.2, 0.25) is 0 Å². The summed E-state index contributed by atoms with van der Waals surface area (Å²) in [4.78, 5) is 26.3. The molecule has 2 aliphatic rings. The van der Waals surface area contributed by atoms with Crippen molar-refractivity contribution in [2.45, 2.75) is 59.3 Å². The Hall–Kier alpha value is -2.76. The van der Waals surface area contributed by atoms with Gasteiger partial charge in [-0.25, -0.2) is 0 Å². The fraction of sp³-hybridized carbons (Fsp3) is 0.500. The molecule has 3 N–H and O–H groups in total. The molecular weight excluding hydrogens is 384 g/mol. The fourth-order valence-electron chi connectivity index (χ4n) is 4.65. The molecule has 1 aromatic rings. The van der Waals surface area contributed by atoms with Crippen LogP contribution in [0, 0.1) is 10.8 Å². The molecule has 0 saturated carbocycles. The third kappa shape index (κ3) is 3.95. The van der Waals surface area contributed by atoms with Crippen molar-refractivity contribution < 1.29 is 29.6 Å². The Morgan fingerprint density at radius 2 is 1.30 bits per heavy atom. The molecule has 162 valence electrons. The topological polar surface area (TPSA) is 104 Å². The van der Waals surface area contributed by atoms with Gasteiger partial charge in [0.1, 0.15) is 11.5 Å². The number of benzene rings is 1. The molecule has 1 aromatic carbocycles. The lowest BCUT2D eigenvalue weighted by molar-refractivity contribution is -0.119. The average Bonchev–Trinajstić information content (AvgIpc) is 2.57. The van der Waals surface area contributed by atoms with Crippen molar-refractivity contribution in [1.82, 2.24) is 0 Å². The van der Waals surface area contributed by atoms with Gasteiger partial charge in [-0.05, 0) is 16.9 Å². The summed E-state index contributed by atoms with van der Waals surface area (Å²) in [6.45, 7) is 7.56. The molecule has 0 amide bonds. The Bertz CT molecular complexity index is 912. The van der Waals surface area contributed by atoms with Crippen LogP contribution in [0.1, 0.15) is 64.9 Å². The first-order valence-electron chi connectivity index (χ1n) is 10.1. The number of methoxy groups -OCH3 is 1. The van der Waals surface area contributed by atoms with Gasteiger partial charge in [0.2, 0.25) is 0 Å². The first-order valence-corrected chi connectivity index (χ1v) is 10.1. The maximum absolute atomic E-state index is 13.1. The number of phenols is 1. The number of carbonyl (C=O) groups excluding carboxylic acids is 2. The Kier molecular flexibility index (Phi) is 5.48. The molecule has 6 heteroatoms. The normalized spacial score (nSPS) is 21.4. The number of aliphatic hydroxyl groups is 2. The summed E-state index contributed by atoms with van der Waals surface area (Å²) in [5.41, 5.74) is -0.458. The molecule has 0 fully saturated rings. The molecule has 0 aromatic heterocycles. The van der Waals surface area contributed by atoms with Gasteiger partial charge in [-0.3, -0.25) is 9.59 Å². The van der Waals surface area contributed by atoms with Gasteiger partial charge >= 0.3 is 0 Å². The van der Waals surface area contributed by atoms with E-state index in [1.165, 1.54) is 7.11 Å². The summed E-state index contributed by atoms with van der Waals surface area (Å²) < 4.78 is 5.21.